The number of carbonyl (C=O) groups is 1. The summed E-state index contributed by atoms with van der Waals surface area (Å²) in [6.45, 7) is 3.56. The number of hydrogen-bond donors (Lipinski definition) is 2. The predicted octanol–water partition coefficient (Wildman–Crippen LogP) is 2.03. The molecule has 0 bridgehead atoms. The zero-order valence-electron chi connectivity index (χ0n) is 9.65. The highest BCUT2D eigenvalue weighted by Crippen LogP contribution is 2.13. The number of amides is 1. The Hall–Kier alpha value is -1.93. The average molecular weight is 247 g/mol. The summed E-state index contributed by atoms with van der Waals surface area (Å²) in [5, 5.41) is 14.5. The van der Waals surface area contributed by atoms with Gasteiger partial charge in [-0.25, -0.2) is 0 Å². The normalized spacial score (nSPS) is 9.53. The van der Waals surface area contributed by atoms with Gasteiger partial charge in [0.25, 0.3) is 0 Å². The smallest absolute Gasteiger partial charge is 0.228 e. The van der Waals surface area contributed by atoms with Gasteiger partial charge in [-0.2, -0.15) is 5.26 Å². The number of rotatable bonds is 2. The number of nitrogens with zero attached hydrogens (tertiary/aromatic N) is 1. The Balaban J connectivity index is 2.69. The number of nitrogens with one attached hydrogen (secondary N) is 2. The van der Waals surface area contributed by atoms with Crippen LogP contribution in [0, 0.1) is 17.2 Å². The summed E-state index contributed by atoms with van der Waals surface area (Å²) >= 11 is 4.99. The Labute approximate surface area is 106 Å². The molecule has 4 nitrogen and oxygen atoms in total. The highest BCUT2D eigenvalue weighted by Gasteiger charge is 2.09. The van der Waals surface area contributed by atoms with E-state index >= 15 is 0 Å². The maximum atomic E-state index is 11.4. The van der Waals surface area contributed by atoms with Crippen molar-refractivity contribution in [3.8, 4) is 6.07 Å². The molecule has 0 fully saturated rings. The van der Waals surface area contributed by atoms with E-state index in [-0.39, 0.29) is 16.9 Å². The molecule has 0 radical (unpaired) electrons. The summed E-state index contributed by atoms with van der Waals surface area (Å²) in [5.41, 5.74) is 1.07. The van der Waals surface area contributed by atoms with Crippen molar-refractivity contribution in [2.45, 2.75) is 13.8 Å². The van der Waals surface area contributed by atoms with Gasteiger partial charge in [0.1, 0.15) is 6.07 Å². The van der Waals surface area contributed by atoms with Crippen LogP contribution in [-0.2, 0) is 4.79 Å². The van der Waals surface area contributed by atoms with Crippen LogP contribution in [0.4, 0.5) is 5.69 Å². The van der Waals surface area contributed by atoms with E-state index in [4.69, 9.17) is 17.5 Å². The van der Waals surface area contributed by atoms with Crippen molar-refractivity contribution >= 4 is 28.9 Å². The van der Waals surface area contributed by atoms with E-state index in [2.05, 4.69) is 10.6 Å². The molecular weight excluding hydrogens is 234 g/mol. The van der Waals surface area contributed by atoms with Gasteiger partial charge < -0.3 is 10.6 Å². The lowest BCUT2D eigenvalue weighted by molar-refractivity contribution is -0.122. The van der Waals surface area contributed by atoms with Gasteiger partial charge in [-0.15, -0.1) is 0 Å². The van der Waals surface area contributed by atoms with Crippen LogP contribution in [0.5, 0.6) is 0 Å². The molecule has 5 heteroatoms. The minimum Gasteiger partial charge on any atom is -0.331 e. The highest BCUT2D eigenvalue weighted by molar-refractivity contribution is 7.80. The topological polar surface area (TPSA) is 64.9 Å². The Morgan fingerprint density at radius 3 is 2.65 bits per heavy atom. The second kappa shape index (κ2) is 5.97. The van der Waals surface area contributed by atoms with E-state index in [9.17, 15) is 4.79 Å². The molecule has 0 aliphatic heterocycles. The minimum atomic E-state index is -0.156. The molecule has 0 spiro atoms. The first-order valence-electron chi connectivity index (χ1n) is 5.15. The van der Waals surface area contributed by atoms with E-state index in [1.54, 1.807) is 38.1 Å². The van der Waals surface area contributed by atoms with Crippen molar-refractivity contribution in [3.63, 3.8) is 0 Å². The van der Waals surface area contributed by atoms with E-state index < -0.39 is 0 Å². The number of thiocarbonyl (C=S) groups is 1. The van der Waals surface area contributed by atoms with Gasteiger partial charge in [0.2, 0.25) is 5.91 Å². The van der Waals surface area contributed by atoms with Crippen LogP contribution in [0.1, 0.15) is 19.4 Å². The van der Waals surface area contributed by atoms with Gasteiger partial charge in [-0.3, -0.25) is 4.79 Å². The second-order valence-electron chi connectivity index (χ2n) is 3.76. The molecule has 0 aliphatic carbocycles. The largest absolute Gasteiger partial charge is 0.331 e. The molecule has 1 rings (SSSR count). The van der Waals surface area contributed by atoms with E-state index in [1.807, 2.05) is 6.07 Å². The highest BCUT2D eigenvalue weighted by atomic mass is 32.1. The molecule has 1 aromatic rings. The van der Waals surface area contributed by atoms with Crippen molar-refractivity contribution in [1.82, 2.24) is 5.32 Å². The van der Waals surface area contributed by atoms with Gasteiger partial charge in [0.15, 0.2) is 5.11 Å². The van der Waals surface area contributed by atoms with E-state index in [0.717, 1.165) is 0 Å². The Morgan fingerprint density at radius 2 is 2.06 bits per heavy atom. The van der Waals surface area contributed by atoms with Crippen LogP contribution in [0.3, 0.4) is 0 Å². The molecule has 0 aromatic heterocycles. The van der Waals surface area contributed by atoms with Crippen molar-refractivity contribution < 1.29 is 4.79 Å². The van der Waals surface area contributed by atoms with Crippen molar-refractivity contribution in [2.75, 3.05) is 5.32 Å². The van der Waals surface area contributed by atoms with Gasteiger partial charge in [0.05, 0.1) is 11.3 Å². The van der Waals surface area contributed by atoms with Crippen LogP contribution in [0.15, 0.2) is 24.3 Å². The molecule has 0 aliphatic rings. The Kier molecular flexibility index (Phi) is 4.61. The zero-order chi connectivity index (χ0) is 12.8. The third kappa shape index (κ3) is 3.85. The molecule has 1 amide bonds. The molecule has 17 heavy (non-hydrogen) atoms. The number of hydrogen-bond acceptors (Lipinski definition) is 3. The van der Waals surface area contributed by atoms with Crippen molar-refractivity contribution in [2.24, 2.45) is 5.92 Å². The third-order valence-corrected chi connectivity index (χ3v) is 2.26. The molecule has 0 heterocycles. The summed E-state index contributed by atoms with van der Waals surface area (Å²) in [7, 11) is 0. The van der Waals surface area contributed by atoms with Crippen LogP contribution in [0.25, 0.3) is 0 Å². The Morgan fingerprint density at radius 1 is 1.41 bits per heavy atom. The molecule has 1 aromatic carbocycles. The number of anilines is 1. The van der Waals surface area contributed by atoms with Gasteiger partial charge in [-0.1, -0.05) is 26.0 Å². The number of para-hydroxylation sites is 1. The van der Waals surface area contributed by atoms with Crippen molar-refractivity contribution in [3.05, 3.63) is 29.8 Å². The molecule has 88 valence electrons. The summed E-state index contributed by atoms with van der Waals surface area (Å²) in [4.78, 5) is 11.4. The van der Waals surface area contributed by atoms with Crippen molar-refractivity contribution in [1.29, 1.82) is 5.26 Å². The standard InChI is InChI=1S/C12H13N3OS/c1-8(2)11(16)15-12(17)14-10-6-4-3-5-9(10)7-13/h3-6,8H,1-2H3,(H2,14,15,16,17). The summed E-state index contributed by atoms with van der Waals surface area (Å²) < 4.78 is 0. The maximum absolute atomic E-state index is 11.4. The molecule has 0 saturated heterocycles. The van der Waals surface area contributed by atoms with Crippen LogP contribution in [-0.4, -0.2) is 11.0 Å². The molecule has 0 unspecified atom stereocenters. The fourth-order valence-corrected chi connectivity index (χ4v) is 1.31. The number of benzene rings is 1. The van der Waals surface area contributed by atoms with Crippen LogP contribution in [0.2, 0.25) is 0 Å². The first-order valence-corrected chi connectivity index (χ1v) is 5.56. The maximum Gasteiger partial charge on any atom is 0.228 e. The molecule has 0 atom stereocenters. The predicted molar refractivity (Wildman–Crippen MR) is 70.4 cm³/mol. The average Bonchev–Trinajstić information content (AvgIpc) is 2.29. The summed E-state index contributed by atoms with van der Waals surface area (Å²) in [6, 6.07) is 9.00. The summed E-state index contributed by atoms with van der Waals surface area (Å²) in [6.07, 6.45) is 0. The van der Waals surface area contributed by atoms with Gasteiger partial charge in [0, 0.05) is 5.92 Å². The zero-order valence-corrected chi connectivity index (χ0v) is 10.5. The number of nitriles is 1. The van der Waals surface area contributed by atoms with E-state index in [1.165, 1.54) is 0 Å². The first-order chi connectivity index (χ1) is 8.04. The van der Waals surface area contributed by atoms with Gasteiger partial charge >= 0.3 is 0 Å². The van der Waals surface area contributed by atoms with Crippen LogP contribution >= 0.6 is 12.2 Å². The lowest BCUT2D eigenvalue weighted by Crippen LogP contribution is -2.36. The summed E-state index contributed by atoms with van der Waals surface area (Å²) in [5.74, 6) is -0.294. The molecular formula is C12H13N3OS. The van der Waals surface area contributed by atoms with E-state index in [0.29, 0.717) is 11.3 Å². The van der Waals surface area contributed by atoms with Crippen LogP contribution < -0.4 is 10.6 Å². The second-order valence-corrected chi connectivity index (χ2v) is 4.16. The first kappa shape index (κ1) is 13.1. The fraction of sp³-hybridized carbons (Fsp3) is 0.250. The molecule has 2 N–H and O–H groups in total. The SMILES string of the molecule is CC(C)C(=O)NC(=S)Nc1ccccc1C#N. The minimum absolute atomic E-state index is 0.138. The van der Waals surface area contributed by atoms with Gasteiger partial charge in [-0.05, 0) is 24.4 Å². The number of carbonyl (C=O) groups excluding carboxylic acids is 1. The lowest BCUT2D eigenvalue weighted by atomic mass is 10.2. The quantitative estimate of drug-likeness (QED) is 0.785. The molecule has 0 saturated carbocycles. The fourth-order valence-electron chi connectivity index (χ4n) is 1.10. The Bertz CT molecular complexity index is 477. The monoisotopic (exact) mass is 247 g/mol. The third-order valence-electron chi connectivity index (χ3n) is 2.06. The lowest BCUT2D eigenvalue weighted by Gasteiger charge is -2.11.